The second-order valence-corrected chi connectivity index (χ2v) is 8.76. The number of piperidine rings is 1. The molecule has 0 spiro atoms. The first-order valence-electron chi connectivity index (χ1n) is 9.38. The molecule has 1 N–H and O–H groups in total. The van der Waals surface area contributed by atoms with Crippen molar-refractivity contribution in [1.29, 1.82) is 0 Å². The maximum atomic E-state index is 3.76. The van der Waals surface area contributed by atoms with Crippen LogP contribution in [-0.2, 0) is 0 Å². The van der Waals surface area contributed by atoms with Crippen LogP contribution in [0, 0.1) is 11.3 Å². The van der Waals surface area contributed by atoms with Crippen molar-refractivity contribution in [3.63, 3.8) is 0 Å². The number of rotatable bonds is 4. The summed E-state index contributed by atoms with van der Waals surface area (Å²) in [5.74, 6) is 0.859. The summed E-state index contributed by atoms with van der Waals surface area (Å²) in [5, 5.41) is 3.76. The lowest BCUT2D eigenvalue weighted by molar-refractivity contribution is 0.0157. The summed E-state index contributed by atoms with van der Waals surface area (Å²) >= 11 is 0. The van der Waals surface area contributed by atoms with E-state index in [1.54, 1.807) is 0 Å². The normalized spacial score (nSPS) is 31.9. The molecule has 1 aliphatic carbocycles. The van der Waals surface area contributed by atoms with Crippen LogP contribution < -0.4 is 5.32 Å². The first kappa shape index (κ1) is 17.3. The lowest BCUT2D eigenvalue weighted by atomic mass is 9.68. The van der Waals surface area contributed by atoms with Crippen LogP contribution in [0.5, 0.6) is 0 Å². The van der Waals surface area contributed by atoms with Gasteiger partial charge in [0.15, 0.2) is 0 Å². The van der Waals surface area contributed by atoms with E-state index in [2.05, 4.69) is 44.8 Å². The molecule has 2 nitrogen and oxygen atoms in total. The van der Waals surface area contributed by atoms with Crippen molar-refractivity contribution in [1.82, 2.24) is 10.2 Å². The van der Waals surface area contributed by atoms with E-state index >= 15 is 0 Å². The minimum atomic E-state index is 0.443. The summed E-state index contributed by atoms with van der Waals surface area (Å²) in [5.41, 5.74) is 0.443. The smallest absolute Gasteiger partial charge is 0.0195 e. The average Bonchev–Trinajstić information content (AvgIpc) is 2.45. The Morgan fingerprint density at radius 1 is 1.00 bits per heavy atom. The highest BCUT2D eigenvalue weighted by atomic mass is 15.2. The largest absolute Gasteiger partial charge is 0.313 e. The fourth-order valence-corrected chi connectivity index (χ4v) is 4.58. The van der Waals surface area contributed by atoms with E-state index in [1.807, 2.05) is 0 Å². The van der Waals surface area contributed by atoms with E-state index < -0.39 is 0 Å². The van der Waals surface area contributed by atoms with Gasteiger partial charge in [-0.25, -0.2) is 0 Å². The highest BCUT2D eigenvalue weighted by molar-refractivity contribution is 4.92. The molecule has 1 aliphatic heterocycles. The maximum Gasteiger partial charge on any atom is 0.0195 e. The third kappa shape index (κ3) is 4.69. The predicted octanol–water partition coefficient (Wildman–Crippen LogP) is 4.44. The van der Waals surface area contributed by atoms with Crippen molar-refractivity contribution in [2.45, 2.75) is 97.7 Å². The SMILES string of the molecule is CC(C)N(CC1CCCCN1)C1CCCCC1C(C)(C)C. The average molecular weight is 295 g/mol. The second kappa shape index (κ2) is 7.46. The van der Waals surface area contributed by atoms with Crippen molar-refractivity contribution in [3.8, 4) is 0 Å². The molecule has 0 amide bonds. The van der Waals surface area contributed by atoms with Gasteiger partial charge in [0.25, 0.3) is 0 Å². The van der Waals surface area contributed by atoms with Gasteiger partial charge < -0.3 is 5.32 Å². The summed E-state index contributed by atoms with van der Waals surface area (Å²) in [6, 6.07) is 2.19. The standard InChI is InChI=1S/C19H38N2/c1-15(2)21(14-16-10-8-9-13-20-16)18-12-7-6-11-17(18)19(3,4)5/h15-18,20H,6-14H2,1-5H3. The predicted molar refractivity (Wildman–Crippen MR) is 92.7 cm³/mol. The zero-order chi connectivity index (χ0) is 15.5. The topological polar surface area (TPSA) is 15.3 Å². The molecule has 1 heterocycles. The molecule has 1 saturated heterocycles. The molecule has 3 atom stereocenters. The van der Waals surface area contributed by atoms with E-state index in [0.29, 0.717) is 11.5 Å². The Morgan fingerprint density at radius 3 is 2.24 bits per heavy atom. The van der Waals surface area contributed by atoms with Crippen molar-refractivity contribution in [2.24, 2.45) is 11.3 Å². The first-order chi connectivity index (χ1) is 9.89. The van der Waals surface area contributed by atoms with Gasteiger partial charge in [0.1, 0.15) is 0 Å². The van der Waals surface area contributed by atoms with E-state index in [1.165, 1.54) is 58.0 Å². The molecule has 2 heteroatoms. The van der Waals surface area contributed by atoms with Gasteiger partial charge in [-0.2, -0.15) is 0 Å². The van der Waals surface area contributed by atoms with Crippen LogP contribution in [0.25, 0.3) is 0 Å². The third-order valence-electron chi connectivity index (χ3n) is 5.77. The molecule has 0 aromatic carbocycles. The van der Waals surface area contributed by atoms with Gasteiger partial charge in [-0.15, -0.1) is 0 Å². The zero-order valence-electron chi connectivity index (χ0n) is 15.1. The van der Waals surface area contributed by atoms with Crippen LogP contribution >= 0.6 is 0 Å². The molecule has 0 bridgehead atoms. The van der Waals surface area contributed by atoms with Gasteiger partial charge in [0.2, 0.25) is 0 Å². The quantitative estimate of drug-likeness (QED) is 0.824. The number of nitrogens with zero attached hydrogens (tertiary/aromatic N) is 1. The minimum Gasteiger partial charge on any atom is -0.313 e. The molecule has 2 fully saturated rings. The molecule has 0 aromatic heterocycles. The molecule has 1 saturated carbocycles. The van der Waals surface area contributed by atoms with Crippen LogP contribution in [0.4, 0.5) is 0 Å². The molecule has 0 aromatic rings. The summed E-state index contributed by atoms with van der Waals surface area (Å²) in [7, 11) is 0. The zero-order valence-corrected chi connectivity index (χ0v) is 15.1. The molecular formula is C19H38N2. The van der Waals surface area contributed by atoms with Gasteiger partial charge in [0, 0.05) is 24.7 Å². The Bertz CT molecular complexity index is 299. The maximum absolute atomic E-state index is 3.76. The Hall–Kier alpha value is -0.0800. The molecule has 21 heavy (non-hydrogen) atoms. The van der Waals surface area contributed by atoms with Gasteiger partial charge in [-0.05, 0) is 57.4 Å². The van der Waals surface area contributed by atoms with Crippen molar-refractivity contribution < 1.29 is 0 Å². The van der Waals surface area contributed by atoms with E-state index in [9.17, 15) is 0 Å². The Morgan fingerprint density at radius 2 is 1.67 bits per heavy atom. The van der Waals surface area contributed by atoms with Gasteiger partial charge in [-0.1, -0.05) is 40.0 Å². The van der Waals surface area contributed by atoms with Crippen LogP contribution in [0.2, 0.25) is 0 Å². The summed E-state index contributed by atoms with van der Waals surface area (Å²) in [6.07, 6.45) is 9.85. The summed E-state index contributed by atoms with van der Waals surface area (Å²) in [6.45, 7) is 14.6. The van der Waals surface area contributed by atoms with Crippen molar-refractivity contribution >= 4 is 0 Å². The molecular weight excluding hydrogens is 256 g/mol. The van der Waals surface area contributed by atoms with Gasteiger partial charge in [-0.3, -0.25) is 4.90 Å². The Balaban J connectivity index is 2.07. The minimum absolute atomic E-state index is 0.443. The fourth-order valence-electron chi connectivity index (χ4n) is 4.58. The number of nitrogens with one attached hydrogen (secondary N) is 1. The first-order valence-corrected chi connectivity index (χ1v) is 9.38. The molecule has 3 unspecified atom stereocenters. The molecule has 124 valence electrons. The van der Waals surface area contributed by atoms with E-state index in [-0.39, 0.29) is 0 Å². The Kier molecular flexibility index (Phi) is 6.14. The lowest BCUT2D eigenvalue weighted by Gasteiger charge is -2.48. The lowest BCUT2D eigenvalue weighted by Crippen LogP contribution is -2.54. The second-order valence-electron chi connectivity index (χ2n) is 8.76. The fraction of sp³-hybridized carbons (Fsp3) is 1.00. The van der Waals surface area contributed by atoms with Gasteiger partial charge >= 0.3 is 0 Å². The summed E-state index contributed by atoms with van der Waals surface area (Å²) in [4.78, 5) is 2.85. The molecule has 0 radical (unpaired) electrons. The summed E-state index contributed by atoms with van der Waals surface area (Å²) < 4.78 is 0. The van der Waals surface area contributed by atoms with Crippen LogP contribution in [0.1, 0.15) is 79.6 Å². The third-order valence-corrected chi connectivity index (χ3v) is 5.77. The van der Waals surface area contributed by atoms with Crippen molar-refractivity contribution in [2.75, 3.05) is 13.1 Å². The monoisotopic (exact) mass is 294 g/mol. The van der Waals surface area contributed by atoms with Crippen LogP contribution in [0.3, 0.4) is 0 Å². The Labute approximate surface area is 133 Å². The molecule has 2 aliphatic rings. The number of hydrogen-bond donors (Lipinski definition) is 1. The highest BCUT2D eigenvalue weighted by Gasteiger charge is 2.38. The van der Waals surface area contributed by atoms with Crippen LogP contribution in [0.15, 0.2) is 0 Å². The van der Waals surface area contributed by atoms with E-state index in [4.69, 9.17) is 0 Å². The number of hydrogen-bond acceptors (Lipinski definition) is 2. The van der Waals surface area contributed by atoms with Gasteiger partial charge in [0.05, 0.1) is 0 Å². The van der Waals surface area contributed by atoms with Crippen molar-refractivity contribution in [3.05, 3.63) is 0 Å². The molecule has 2 rings (SSSR count). The van der Waals surface area contributed by atoms with Crippen LogP contribution in [-0.4, -0.2) is 36.1 Å². The van der Waals surface area contributed by atoms with E-state index in [0.717, 1.165) is 18.0 Å². The highest BCUT2D eigenvalue weighted by Crippen LogP contribution is 2.41.